The molecule has 1 unspecified atom stereocenters. The van der Waals surface area contributed by atoms with Crippen molar-refractivity contribution in [2.45, 2.75) is 51.9 Å². The molecule has 0 aliphatic carbocycles. The topological polar surface area (TPSA) is 49.8 Å². The van der Waals surface area contributed by atoms with E-state index in [1.807, 2.05) is 43.3 Å². The molecule has 28 heavy (non-hydrogen) atoms. The second-order valence-corrected chi connectivity index (χ2v) is 13.5. The lowest BCUT2D eigenvalue weighted by molar-refractivity contribution is 0.0802. The summed E-state index contributed by atoms with van der Waals surface area (Å²) in [6.45, 7) is 13.6. The molecule has 0 saturated heterocycles. The molecule has 0 bridgehead atoms. The monoisotopic (exact) mass is 399 g/mol. The molecule has 2 rings (SSSR count). The van der Waals surface area contributed by atoms with Gasteiger partial charge in [0.15, 0.2) is 0 Å². The maximum Gasteiger partial charge on any atom is 0.253 e. The van der Waals surface area contributed by atoms with Crippen LogP contribution in [0.1, 0.15) is 55.3 Å². The van der Waals surface area contributed by atoms with E-state index in [4.69, 9.17) is 4.43 Å². The Hall–Kier alpha value is -2.11. The number of rotatable bonds is 6. The van der Waals surface area contributed by atoms with Gasteiger partial charge in [-0.05, 0) is 60.4 Å². The molecule has 0 saturated carbocycles. The third-order valence-electron chi connectivity index (χ3n) is 5.65. The molecule has 0 fully saturated rings. The van der Waals surface area contributed by atoms with Crippen molar-refractivity contribution < 1.29 is 14.3 Å². The first-order valence-corrected chi connectivity index (χ1v) is 12.7. The van der Waals surface area contributed by atoms with Crippen molar-refractivity contribution in [3.05, 3.63) is 65.2 Å². The molecule has 2 aromatic carbocycles. The highest BCUT2D eigenvalue weighted by atomic mass is 28.4. The third-order valence-corrected chi connectivity index (χ3v) is 10.0. The molecule has 1 amide bonds. The number of nitrogens with zero attached hydrogens (tertiary/aromatic N) is 1. The summed E-state index contributed by atoms with van der Waals surface area (Å²) in [6, 6.07) is 14.8. The van der Waals surface area contributed by atoms with Crippen LogP contribution in [-0.2, 0) is 0 Å². The summed E-state index contributed by atoms with van der Waals surface area (Å²) in [5.74, 6) is 0.771. The van der Waals surface area contributed by atoms with Crippen LogP contribution in [0.5, 0.6) is 5.75 Å². The minimum Gasteiger partial charge on any atom is -0.543 e. The van der Waals surface area contributed by atoms with E-state index in [0.29, 0.717) is 12.1 Å². The van der Waals surface area contributed by atoms with Crippen LogP contribution < -0.4 is 4.43 Å². The van der Waals surface area contributed by atoms with Crippen molar-refractivity contribution in [1.82, 2.24) is 4.90 Å². The SMILES string of the molecule is CCN(C)C(=O)c1ccc(C(O)c2cccc(O[Si](C)(C)C(C)(C)C)c2)cc1. The molecule has 0 heterocycles. The highest BCUT2D eigenvalue weighted by molar-refractivity contribution is 6.74. The summed E-state index contributed by atoms with van der Waals surface area (Å²) in [5.41, 5.74) is 2.15. The summed E-state index contributed by atoms with van der Waals surface area (Å²) in [6.07, 6.45) is -0.768. The summed E-state index contributed by atoms with van der Waals surface area (Å²) in [7, 11) is -0.164. The van der Waals surface area contributed by atoms with Gasteiger partial charge < -0.3 is 14.4 Å². The maximum absolute atomic E-state index is 12.2. The van der Waals surface area contributed by atoms with Crippen molar-refractivity contribution in [3.8, 4) is 5.75 Å². The van der Waals surface area contributed by atoms with E-state index in [-0.39, 0.29) is 10.9 Å². The van der Waals surface area contributed by atoms with Crippen LogP contribution in [0, 0.1) is 0 Å². The van der Waals surface area contributed by atoms with Gasteiger partial charge in [-0.15, -0.1) is 0 Å². The number of amides is 1. The Balaban J connectivity index is 2.21. The zero-order valence-corrected chi connectivity index (χ0v) is 19.1. The minimum atomic E-state index is -1.94. The number of carbonyl (C=O) groups is 1. The molecule has 0 radical (unpaired) electrons. The van der Waals surface area contributed by atoms with E-state index in [1.54, 1.807) is 24.1 Å². The minimum absolute atomic E-state index is 0.0201. The first kappa shape index (κ1) is 22.2. The van der Waals surface area contributed by atoms with Crippen LogP contribution in [0.4, 0.5) is 0 Å². The van der Waals surface area contributed by atoms with Gasteiger partial charge in [-0.3, -0.25) is 4.79 Å². The molecule has 152 valence electrons. The predicted octanol–water partition coefficient (Wildman–Crippen LogP) is 5.24. The van der Waals surface area contributed by atoms with Gasteiger partial charge in [-0.1, -0.05) is 45.0 Å². The maximum atomic E-state index is 12.2. The predicted molar refractivity (Wildman–Crippen MR) is 117 cm³/mol. The van der Waals surface area contributed by atoms with Gasteiger partial charge in [0.1, 0.15) is 11.9 Å². The average molecular weight is 400 g/mol. The number of aliphatic hydroxyl groups is 1. The van der Waals surface area contributed by atoms with E-state index < -0.39 is 14.4 Å². The molecule has 5 heteroatoms. The van der Waals surface area contributed by atoms with Crippen LogP contribution in [0.15, 0.2) is 48.5 Å². The Morgan fingerprint density at radius 1 is 1.11 bits per heavy atom. The van der Waals surface area contributed by atoms with Crippen LogP contribution >= 0.6 is 0 Å². The van der Waals surface area contributed by atoms with Crippen LogP contribution in [0.2, 0.25) is 18.1 Å². The Bertz CT molecular complexity index is 809. The fraction of sp³-hybridized carbons (Fsp3) is 0.435. The first-order valence-electron chi connectivity index (χ1n) is 9.78. The zero-order valence-electron chi connectivity index (χ0n) is 18.1. The Morgan fingerprint density at radius 2 is 1.71 bits per heavy atom. The Labute approximate surface area is 170 Å². The highest BCUT2D eigenvalue weighted by Crippen LogP contribution is 2.38. The number of hydrogen-bond donors (Lipinski definition) is 1. The first-order chi connectivity index (χ1) is 13.0. The van der Waals surface area contributed by atoms with E-state index in [0.717, 1.165) is 16.9 Å². The molecule has 0 aromatic heterocycles. The fourth-order valence-corrected chi connectivity index (χ4v) is 3.58. The molecule has 0 spiro atoms. The number of aliphatic hydroxyl groups excluding tert-OH is 1. The van der Waals surface area contributed by atoms with Crippen LogP contribution in [0.25, 0.3) is 0 Å². The normalized spacial score (nSPS) is 13.1. The zero-order chi connectivity index (χ0) is 21.1. The highest BCUT2D eigenvalue weighted by Gasteiger charge is 2.39. The lowest BCUT2D eigenvalue weighted by Crippen LogP contribution is -2.43. The number of benzene rings is 2. The lowest BCUT2D eigenvalue weighted by Gasteiger charge is -2.36. The standard InChI is InChI=1S/C23H33NO3Si/c1-8-24(5)22(26)18-14-12-17(13-15-18)21(25)19-10-9-11-20(16-19)27-28(6,7)23(2,3)4/h9-16,21,25H,8H2,1-7H3. The molecule has 1 atom stereocenters. The van der Waals surface area contributed by atoms with Gasteiger partial charge in [0.25, 0.3) is 5.91 Å². The van der Waals surface area contributed by atoms with Gasteiger partial charge in [0, 0.05) is 19.2 Å². The van der Waals surface area contributed by atoms with Crippen LogP contribution in [0.3, 0.4) is 0 Å². The number of hydrogen-bond acceptors (Lipinski definition) is 3. The van der Waals surface area contributed by atoms with Crippen molar-refractivity contribution >= 4 is 14.2 Å². The van der Waals surface area contributed by atoms with Crippen molar-refractivity contribution in [2.75, 3.05) is 13.6 Å². The molecule has 0 aliphatic rings. The van der Waals surface area contributed by atoms with E-state index >= 15 is 0 Å². The second-order valence-electron chi connectivity index (χ2n) is 8.78. The van der Waals surface area contributed by atoms with Gasteiger partial charge >= 0.3 is 0 Å². The summed E-state index contributed by atoms with van der Waals surface area (Å²) < 4.78 is 6.36. The smallest absolute Gasteiger partial charge is 0.253 e. The van der Waals surface area contributed by atoms with Gasteiger partial charge in [0.2, 0.25) is 8.32 Å². The summed E-state index contributed by atoms with van der Waals surface area (Å²) in [5, 5.41) is 10.9. The van der Waals surface area contributed by atoms with Crippen molar-refractivity contribution in [2.24, 2.45) is 0 Å². The van der Waals surface area contributed by atoms with E-state index in [2.05, 4.69) is 33.9 Å². The average Bonchev–Trinajstić information content (AvgIpc) is 2.65. The molecule has 0 aliphatic heterocycles. The van der Waals surface area contributed by atoms with E-state index in [1.165, 1.54) is 0 Å². The number of carbonyl (C=O) groups excluding carboxylic acids is 1. The molecule has 1 N–H and O–H groups in total. The third kappa shape index (κ3) is 5.03. The quantitative estimate of drug-likeness (QED) is 0.676. The molecular formula is C23H33NO3Si. The fourth-order valence-electron chi connectivity index (χ4n) is 2.56. The second kappa shape index (κ2) is 8.49. The summed E-state index contributed by atoms with van der Waals surface area (Å²) in [4.78, 5) is 13.9. The van der Waals surface area contributed by atoms with Gasteiger partial charge in [-0.25, -0.2) is 0 Å². The Morgan fingerprint density at radius 3 is 2.25 bits per heavy atom. The van der Waals surface area contributed by atoms with Gasteiger partial charge in [-0.2, -0.15) is 0 Å². The molecule has 2 aromatic rings. The van der Waals surface area contributed by atoms with Crippen molar-refractivity contribution in [1.29, 1.82) is 0 Å². The van der Waals surface area contributed by atoms with Crippen LogP contribution in [-0.4, -0.2) is 37.8 Å². The molecular weight excluding hydrogens is 366 g/mol. The lowest BCUT2D eigenvalue weighted by atomic mass is 10.00. The molecule has 4 nitrogen and oxygen atoms in total. The van der Waals surface area contributed by atoms with Gasteiger partial charge in [0.05, 0.1) is 0 Å². The van der Waals surface area contributed by atoms with E-state index in [9.17, 15) is 9.90 Å². The van der Waals surface area contributed by atoms with Crippen molar-refractivity contribution in [3.63, 3.8) is 0 Å². The largest absolute Gasteiger partial charge is 0.543 e. The Kier molecular flexibility index (Phi) is 6.73. The summed E-state index contributed by atoms with van der Waals surface area (Å²) >= 11 is 0.